The topological polar surface area (TPSA) is 65.1 Å². The Kier molecular flexibility index (Phi) is 3.46. The van der Waals surface area contributed by atoms with Gasteiger partial charge in [-0.1, -0.05) is 12.1 Å². The van der Waals surface area contributed by atoms with Crippen LogP contribution in [-0.4, -0.2) is 10.5 Å². The fourth-order valence-corrected chi connectivity index (χ4v) is 1.82. The third kappa shape index (κ3) is 2.54. The second kappa shape index (κ2) is 5.06. The smallest absolute Gasteiger partial charge is 0.254 e. The second-order valence-electron chi connectivity index (χ2n) is 4.12. The Morgan fingerprint density at radius 3 is 2.42 bits per heavy atom. The quantitative estimate of drug-likeness (QED) is 0.914. The molecule has 2 N–H and O–H groups in total. The van der Waals surface area contributed by atoms with E-state index in [0.717, 1.165) is 0 Å². The Bertz CT molecular complexity index is 675. The van der Waals surface area contributed by atoms with Crippen LogP contribution in [0, 0.1) is 5.82 Å². The molecule has 0 aliphatic heterocycles. The van der Waals surface area contributed by atoms with E-state index in [2.05, 4.69) is 0 Å². The maximum absolute atomic E-state index is 12.9. The van der Waals surface area contributed by atoms with Gasteiger partial charge in [-0.25, -0.2) is 4.39 Å². The van der Waals surface area contributed by atoms with Crippen LogP contribution in [0.15, 0.2) is 41.5 Å². The Hall–Kier alpha value is -2.43. The van der Waals surface area contributed by atoms with Crippen LogP contribution < -0.4 is 11.2 Å². The molecule has 0 radical (unpaired) electrons. The highest BCUT2D eigenvalue weighted by molar-refractivity contribution is 5.93. The number of benzene rings is 1. The van der Waals surface area contributed by atoms with E-state index in [0.29, 0.717) is 17.7 Å². The molecule has 0 unspecified atom stereocenters. The summed E-state index contributed by atoms with van der Waals surface area (Å²) in [6.45, 7) is 2.47. The fraction of sp³-hybridized carbons (Fsp3) is 0.143. The van der Waals surface area contributed by atoms with Gasteiger partial charge in [0.1, 0.15) is 11.4 Å². The van der Waals surface area contributed by atoms with E-state index in [1.807, 2.05) is 6.92 Å². The molecule has 98 valence electrons. The van der Waals surface area contributed by atoms with Crippen molar-refractivity contribution >= 4 is 5.91 Å². The molecule has 0 saturated carbocycles. The van der Waals surface area contributed by atoms with Crippen molar-refractivity contribution in [2.45, 2.75) is 13.5 Å². The van der Waals surface area contributed by atoms with E-state index in [4.69, 9.17) is 5.73 Å². The van der Waals surface area contributed by atoms with Crippen molar-refractivity contribution in [3.63, 3.8) is 0 Å². The average molecular weight is 260 g/mol. The van der Waals surface area contributed by atoms with Crippen molar-refractivity contribution < 1.29 is 9.18 Å². The van der Waals surface area contributed by atoms with Crippen LogP contribution in [-0.2, 0) is 6.54 Å². The first-order valence-electron chi connectivity index (χ1n) is 5.82. The zero-order chi connectivity index (χ0) is 14.0. The molecule has 1 aromatic heterocycles. The molecule has 1 amide bonds. The number of rotatable bonds is 3. The number of aromatic nitrogens is 1. The molecule has 0 bridgehead atoms. The van der Waals surface area contributed by atoms with Gasteiger partial charge in [0.05, 0.1) is 0 Å². The van der Waals surface area contributed by atoms with Gasteiger partial charge < -0.3 is 10.3 Å². The Labute approximate surface area is 109 Å². The summed E-state index contributed by atoms with van der Waals surface area (Å²) in [5, 5.41) is 0. The highest BCUT2D eigenvalue weighted by atomic mass is 19.1. The number of carbonyl (C=O) groups is 1. The number of primary amides is 1. The van der Waals surface area contributed by atoms with Crippen molar-refractivity contribution in [2.75, 3.05) is 0 Å². The van der Waals surface area contributed by atoms with Gasteiger partial charge in [0, 0.05) is 24.5 Å². The lowest BCUT2D eigenvalue weighted by atomic mass is 10.0. The molecular weight excluding hydrogens is 247 g/mol. The molecule has 1 heterocycles. The highest BCUT2D eigenvalue weighted by Crippen LogP contribution is 2.16. The van der Waals surface area contributed by atoms with Crippen LogP contribution in [0.4, 0.5) is 4.39 Å². The Balaban J connectivity index is 2.68. The van der Waals surface area contributed by atoms with E-state index in [1.165, 1.54) is 30.5 Å². The SMILES string of the molecule is CCn1cc(C(N)=O)c(=O)c(-c2ccc(F)cc2)c1. The maximum atomic E-state index is 12.9. The molecule has 0 spiro atoms. The van der Waals surface area contributed by atoms with Gasteiger partial charge in [-0.3, -0.25) is 9.59 Å². The van der Waals surface area contributed by atoms with Gasteiger partial charge >= 0.3 is 0 Å². The van der Waals surface area contributed by atoms with Crippen molar-refractivity contribution in [3.8, 4) is 11.1 Å². The molecule has 0 fully saturated rings. The number of amides is 1. The number of carbonyl (C=O) groups excluding carboxylic acids is 1. The molecule has 2 aromatic rings. The lowest BCUT2D eigenvalue weighted by Gasteiger charge is -2.09. The van der Waals surface area contributed by atoms with Crippen LogP contribution >= 0.6 is 0 Å². The minimum absolute atomic E-state index is 0.0660. The molecule has 19 heavy (non-hydrogen) atoms. The summed E-state index contributed by atoms with van der Waals surface area (Å²) in [5.74, 6) is -1.15. The summed E-state index contributed by atoms with van der Waals surface area (Å²) >= 11 is 0. The number of nitrogens with zero attached hydrogens (tertiary/aromatic N) is 1. The van der Waals surface area contributed by atoms with Crippen LogP contribution in [0.1, 0.15) is 17.3 Å². The summed E-state index contributed by atoms with van der Waals surface area (Å²) in [7, 11) is 0. The fourth-order valence-electron chi connectivity index (χ4n) is 1.82. The van der Waals surface area contributed by atoms with Crippen molar-refractivity contribution in [3.05, 3.63) is 58.3 Å². The lowest BCUT2D eigenvalue weighted by molar-refractivity contribution is 0.0998. The number of nitrogens with two attached hydrogens (primary N) is 1. The van der Waals surface area contributed by atoms with E-state index in [-0.39, 0.29) is 11.4 Å². The van der Waals surface area contributed by atoms with E-state index in [1.54, 1.807) is 10.8 Å². The van der Waals surface area contributed by atoms with E-state index in [9.17, 15) is 14.0 Å². The van der Waals surface area contributed by atoms with Gasteiger partial charge in [-0.2, -0.15) is 0 Å². The molecule has 2 rings (SSSR count). The van der Waals surface area contributed by atoms with Crippen LogP contribution in [0.3, 0.4) is 0 Å². The maximum Gasteiger partial charge on any atom is 0.254 e. The molecule has 0 aliphatic rings. The molecule has 0 saturated heterocycles. The lowest BCUT2D eigenvalue weighted by Crippen LogP contribution is -2.24. The standard InChI is InChI=1S/C14H13FN2O2/c1-2-17-7-11(9-3-5-10(15)6-4-9)13(18)12(8-17)14(16)19/h3-8H,2H2,1H3,(H2,16,19). The van der Waals surface area contributed by atoms with E-state index >= 15 is 0 Å². The largest absolute Gasteiger partial charge is 0.365 e. The van der Waals surface area contributed by atoms with Crippen LogP contribution in [0.2, 0.25) is 0 Å². The van der Waals surface area contributed by atoms with Crippen molar-refractivity contribution in [1.82, 2.24) is 4.57 Å². The van der Waals surface area contributed by atoms with Gasteiger partial charge in [0.2, 0.25) is 5.43 Å². The minimum Gasteiger partial charge on any atom is -0.365 e. The zero-order valence-electron chi connectivity index (χ0n) is 10.4. The van der Waals surface area contributed by atoms with Gasteiger partial charge in [0.15, 0.2) is 0 Å². The molecule has 4 nitrogen and oxygen atoms in total. The summed E-state index contributed by atoms with van der Waals surface area (Å²) in [5.41, 5.74) is 5.57. The van der Waals surface area contributed by atoms with Crippen molar-refractivity contribution in [2.24, 2.45) is 5.73 Å². The first kappa shape index (κ1) is 13.0. The molecule has 5 heteroatoms. The monoisotopic (exact) mass is 260 g/mol. The first-order valence-corrected chi connectivity index (χ1v) is 5.82. The van der Waals surface area contributed by atoms with Gasteiger partial charge in [-0.15, -0.1) is 0 Å². The molecule has 0 atom stereocenters. The normalized spacial score (nSPS) is 10.4. The number of halogens is 1. The highest BCUT2D eigenvalue weighted by Gasteiger charge is 2.13. The molecule has 0 aliphatic carbocycles. The Morgan fingerprint density at radius 1 is 1.26 bits per heavy atom. The summed E-state index contributed by atoms with van der Waals surface area (Å²) in [6.07, 6.45) is 3.06. The Morgan fingerprint density at radius 2 is 1.89 bits per heavy atom. The van der Waals surface area contributed by atoms with Gasteiger partial charge in [0.25, 0.3) is 5.91 Å². The van der Waals surface area contributed by atoms with Crippen molar-refractivity contribution in [1.29, 1.82) is 0 Å². The number of pyridine rings is 1. The number of aryl methyl sites for hydroxylation is 1. The summed E-state index contributed by atoms with van der Waals surface area (Å²) < 4.78 is 14.6. The number of hydrogen-bond donors (Lipinski definition) is 1. The summed E-state index contributed by atoms with van der Waals surface area (Å²) in [6, 6.07) is 5.53. The second-order valence-corrected chi connectivity index (χ2v) is 4.12. The first-order chi connectivity index (χ1) is 9.02. The number of hydrogen-bond acceptors (Lipinski definition) is 2. The molecule has 1 aromatic carbocycles. The summed E-state index contributed by atoms with van der Waals surface area (Å²) in [4.78, 5) is 23.4. The van der Waals surface area contributed by atoms with Gasteiger partial charge in [-0.05, 0) is 24.6 Å². The van der Waals surface area contributed by atoms with Crippen LogP contribution in [0.25, 0.3) is 11.1 Å². The van der Waals surface area contributed by atoms with E-state index < -0.39 is 11.3 Å². The third-order valence-corrected chi connectivity index (χ3v) is 2.86. The zero-order valence-corrected chi connectivity index (χ0v) is 10.4. The third-order valence-electron chi connectivity index (χ3n) is 2.86. The predicted octanol–water partition coefficient (Wildman–Crippen LogP) is 1.77. The molecular formula is C14H13FN2O2. The predicted molar refractivity (Wildman–Crippen MR) is 70.3 cm³/mol. The van der Waals surface area contributed by atoms with Crippen LogP contribution in [0.5, 0.6) is 0 Å². The average Bonchev–Trinajstić information content (AvgIpc) is 2.40. The minimum atomic E-state index is -0.767.